The lowest BCUT2D eigenvalue weighted by Gasteiger charge is -2.10. The molecule has 0 saturated heterocycles. The van der Waals surface area contributed by atoms with Crippen molar-refractivity contribution in [2.45, 2.75) is 0 Å². The highest BCUT2D eigenvalue weighted by atomic mass is 35.5. The number of fused-ring (bicyclic) bond motifs is 1. The Balaban J connectivity index is 1.43. The van der Waals surface area contributed by atoms with Crippen LogP contribution in [0, 0.1) is 0 Å². The van der Waals surface area contributed by atoms with Gasteiger partial charge in [-0.05, 0) is 48.5 Å². The molecule has 31 heavy (non-hydrogen) atoms. The molecule has 2 amide bonds. The van der Waals surface area contributed by atoms with E-state index in [1.165, 1.54) is 19.2 Å². The first-order valence-electron chi connectivity index (χ1n) is 9.19. The normalized spacial score (nSPS) is 10.7. The minimum atomic E-state index is -0.384. The van der Waals surface area contributed by atoms with E-state index in [0.717, 1.165) is 5.39 Å². The molecular formula is C23H16Cl2N2O4. The van der Waals surface area contributed by atoms with Crippen molar-refractivity contribution in [2.24, 2.45) is 0 Å². The van der Waals surface area contributed by atoms with Crippen LogP contribution in [0.1, 0.15) is 20.9 Å². The summed E-state index contributed by atoms with van der Waals surface area (Å²) in [5.74, 6) is -0.225. The summed E-state index contributed by atoms with van der Waals surface area (Å²) in [6.07, 6.45) is 0. The summed E-state index contributed by atoms with van der Waals surface area (Å²) in [7, 11) is 1.45. The van der Waals surface area contributed by atoms with Crippen molar-refractivity contribution >= 4 is 57.4 Å². The van der Waals surface area contributed by atoms with Crippen molar-refractivity contribution in [3.63, 3.8) is 0 Å². The number of anilines is 2. The van der Waals surface area contributed by atoms with Gasteiger partial charge in [0.15, 0.2) is 11.5 Å². The molecule has 0 fully saturated rings. The standard InChI is InChI=1S/C23H16Cl2N2O4/c1-30-21-17(24)10-14(11-18(21)25)22(28)26-15-6-8-16(9-7-15)27-23(29)20-12-13-4-2-3-5-19(13)31-20/h2-12H,1H3,(H,26,28)(H,27,29). The molecule has 3 aromatic carbocycles. The zero-order valence-electron chi connectivity index (χ0n) is 16.2. The Bertz CT molecular complexity index is 1230. The quantitative estimate of drug-likeness (QED) is 0.373. The van der Waals surface area contributed by atoms with Gasteiger partial charge in [-0.15, -0.1) is 0 Å². The van der Waals surface area contributed by atoms with Gasteiger partial charge in [0.05, 0.1) is 17.2 Å². The molecule has 0 bridgehead atoms. The molecule has 0 radical (unpaired) electrons. The third-order valence-electron chi connectivity index (χ3n) is 4.51. The fourth-order valence-corrected chi connectivity index (χ4v) is 3.65. The number of rotatable bonds is 5. The number of furan rings is 1. The fourth-order valence-electron chi connectivity index (χ4n) is 3.01. The molecule has 1 aromatic heterocycles. The molecule has 0 saturated carbocycles. The zero-order chi connectivity index (χ0) is 22.0. The van der Waals surface area contributed by atoms with E-state index in [1.54, 1.807) is 36.4 Å². The van der Waals surface area contributed by atoms with Gasteiger partial charge in [0.2, 0.25) is 0 Å². The number of halogens is 2. The first-order valence-corrected chi connectivity index (χ1v) is 9.94. The Kier molecular flexibility index (Phi) is 5.84. The van der Waals surface area contributed by atoms with Crippen LogP contribution in [0.4, 0.5) is 11.4 Å². The van der Waals surface area contributed by atoms with Crippen LogP contribution in [-0.2, 0) is 0 Å². The molecule has 0 aliphatic rings. The second kappa shape index (κ2) is 8.71. The van der Waals surface area contributed by atoms with E-state index in [0.29, 0.717) is 22.7 Å². The summed E-state index contributed by atoms with van der Waals surface area (Å²) in [5.41, 5.74) is 2.02. The average molecular weight is 455 g/mol. The molecule has 0 aliphatic carbocycles. The lowest BCUT2D eigenvalue weighted by Crippen LogP contribution is -2.13. The molecule has 0 unspecified atom stereocenters. The fraction of sp³-hybridized carbons (Fsp3) is 0.0435. The number of hydrogen-bond donors (Lipinski definition) is 2. The summed E-state index contributed by atoms with van der Waals surface area (Å²) in [6, 6.07) is 18.7. The predicted molar refractivity (Wildman–Crippen MR) is 122 cm³/mol. The first kappa shape index (κ1) is 20.8. The SMILES string of the molecule is COc1c(Cl)cc(C(=O)Nc2ccc(NC(=O)c3cc4ccccc4o3)cc2)cc1Cl. The second-order valence-electron chi connectivity index (χ2n) is 6.61. The first-order chi connectivity index (χ1) is 14.9. The lowest BCUT2D eigenvalue weighted by molar-refractivity contribution is 0.0996. The monoisotopic (exact) mass is 454 g/mol. The van der Waals surface area contributed by atoms with E-state index in [1.807, 2.05) is 18.2 Å². The number of nitrogens with one attached hydrogen (secondary N) is 2. The Hall–Kier alpha value is -3.48. The second-order valence-corrected chi connectivity index (χ2v) is 7.42. The molecule has 1 heterocycles. The Morgan fingerprint density at radius 2 is 1.42 bits per heavy atom. The average Bonchev–Trinajstić information content (AvgIpc) is 3.19. The van der Waals surface area contributed by atoms with Gasteiger partial charge in [0, 0.05) is 22.3 Å². The van der Waals surface area contributed by atoms with Crippen molar-refractivity contribution in [3.8, 4) is 5.75 Å². The van der Waals surface area contributed by atoms with Gasteiger partial charge in [0.1, 0.15) is 5.58 Å². The lowest BCUT2D eigenvalue weighted by atomic mass is 10.2. The van der Waals surface area contributed by atoms with Crippen molar-refractivity contribution in [3.05, 3.63) is 88.1 Å². The number of amides is 2. The molecule has 4 rings (SSSR count). The van der Waals surface area contributed by atoms with Crippen LogP contribution in [0.25, 0.3) is 11.0 Å². The summed E-state index contributed by atoms with van der Waals surface area (Å²) >= 11 is 12.2. The highest BCUT2D eigenvalue weighted by molar-refractivity contribution is 6.37. The van der Waals surface area contributed by atoms with E-state index in [9.17, 15) is 9.59 Å². The molecule has 8 heteroatoms. The molecule has 6 nitrogen and oxygen atoms in total. The zero-order valence-corrected chi connectivity index (χ0v) is 17.8. The molecule has 156 valence electrons. The van der Waals surface area contributed by atoms with E-state index in [-0.39, 0.29) is 33.2 Å². The maximum atomic E-state index is 12.5. The Labute approximate surface area is 187 Å². The van der Waals surface area contributed by atoms with Crippen molar-refractivity contribution in [2.75, 3.05) is 17.7 Å². The number of benzene rings is 3. The van der Waals surface area contributed by atoms with Gasteiger partial charge in [-0.2, -0.15) is 0 Å². The molecule has 4 aromatic rings. The number of methoxy groups -OCH3 is 1. The Morgan fingerprint density at radius 3 is 2.00 bits per heavy atom. The number of ether oxygens (including phenoxy) is 1. The molecule has 0 spiro atoms. The summed E-state index contributed by atoms with van der Waals surface area (Å²) in [6.45, 7) is 0. The number of hydrogen-bond acceptors (Lipinski definition) is 4. The van der Waals surface area contributed by atoms with Crippen LogP contribution in [0.15, 0.2) is 71.1 Å². The minimum absolute atomic E-state index is 0.215. The largest absolute Gasteiger partial charge is 0.494 e. The molecular weight excluding hydrogens is 439 g/mol. The number of para-hydroxylation sites is 1. The highest BCUT2D eigenvalue weighted by Gasteiger charge is 2.15. The maximum absolute atomic E-state index is 12.5. The van der Waals surface area contributed by atoms with Crippen molar-refractivity contribution in [1.82, 2.24) is 0 Å². The third-order valence-corrected chi connectivity index (χ3v) is 5.08. The van der Waals surface area contributed by atoms with Crippen LogP contribution in [0.5, 0.6) is 5.75 Å². The molecule has 0 atom stereocenters. The number of carbonyl (C=O) groups is 2. The van der Waals surface area contributed by atoms with Gasteiger partial charge in [-0.25, -0.2) is 0 Å². The predicted octanol–water partition coefficient (Wildman–Crippen LogP) is 6.25. The van der Waals surface area contributed by atoms with Gasteiger partial charge in [-0.3, -0.25) is 9.59 Å². The summed E-state index contributed by atoms with van der Waals surface area (Å²) in [4.78, 5) is 24.9. The van der Waals surface area contributed by atoms with Crippen molar-refractivity contribution in [1.29, 1.82) is 0 Å². The van der Waals surface area contributed by atoms with Crippen LogP contribution >= 0.6 is 23.2 Å². The van der Waals surface area contributed by atoms with Crippen LogP contribution in [0.3, 0.4) is 0 Å². The van der Waals surface area contributed by atoms with Gasteiger partial charge >= 0.3 is 0 Å². The highest BCUT2D eigenvalue weighted by Crippen LogP contribution is 2.34. The van der Waals surface area contributed by atoms with Gasteiger partial charge in [0.25, 0.3) is 11.8 Å². The maximum Gasteiger partial charge on any atom is 0.291 e. The van der Waals surface area contributed by atoms with Crippen molar-refractivity contribution < 1.29 is 18.7 Å². The van der Waals surface area contributed by atoms with Crippen LogP contribution in [-0.4, -0.2) is 18.9 Å². The minimum Gasteiger partial charge on any atom is -0.494 e. The van der Waals surface area contributed by atoms with Crippen LogP contribution < -0.4 is 15.4 Å². The summed E-state index contributed by atoms with van der Waals surface area (Å²) in [5, 5.41) is 6.85. The Morgan fingerprint density at radius 1 is 0.839 bits per heavy atom. The number of carbonyl (C=O) groups excluding carboxylic acids is 2. The molecule has 2 N–H and O–H groups in total. The molecule has 0 aliphatic heterocycles. The van der Waals surface area contributed by atoms with E-state index in [4.69, 9.17) is 32.4 Å². The van der Waals surface area contributed by atoms with E-state index >= 15 is 0 Å². The third kappa shape index (κ3) is 4.50. The van der Waals surface area contributed by atoms with Gasteiger partial charge in [-0.1, -0.05) is 41.4 Å². The van der Waals surface area contributed by atoms with Crippen LogP contribution in [0.2, 0.25) is 10.0 Å². The van der Waals surface area contributed by atoms with E-state index < -0.39 is 0 Å². The smallest absolute Gasteiger partial charge is 0.291 e. The van der Waals surface area contributed by atoms with Gasteiger partial charge < -0.3 is 19.8 Å². The topological polar surface area (TPSA) is 80.6 Å². The van der Waals surface area contributed by atoms with E-state index in [2.05, 4.69) is 10.6 Å². The summed E-state index contributed by atoms with van der Waals surface area (Å²) < 4.78 is 10.6.